The Bertz CT molecular complexity index is 984. The van der Waals surface area contributed by atoms with Crippen molar-refractivity contribution in [3.05, 3.63) is 59.2 Å². The maximum Gasteiger partial charge on any atom is 0.325 e. The highest BCUT2D eigenvalue weighted by Gasteiger charge is 2.49. The van der Waals surface area contributed by atoms with Crippen LogP contribution in [0, 0.1) is 0 Å². The minimum Gasteiger partial charge on any atom is -0.497 e. The fraction of sp³-hybridized carbons (Fsp3) is 0.348. The van der Waals surface area contributed by atoms with Gasteiger partial charge in [-0.2, -0.15) is 0 Å². The standard InChI is InChI=1S/C23H26N2O5/c1-14(2)15-6-8-16(9-7-15)23(3)21(27)25(22(28)24-23)13-19(26)18-12-17(29-4)10-11-20(18)30-5/h6-12,14H,13H2,1-5H3,(H,24,28)/t23-/m1/s1. The maximum absolute atomic E-state index is 13.1. The van der Waals surface area contributed by atoms with Gasteiger partial charge in [0.05, 0.1) is 26.3 Å². The summed E-state index contributed by atoms with van der Waals surface area (Å²) in [6.45, 7) is 5.42. The molecule has 2 aromatic carbocycles. The van der Waals surface area contributed by atoms with Crippen molar-refractivity contribution in [2.75, 3.05) is 20.8 Å². The number of rotatable bonds is 7. The molecule has 0 radical (unpaired) electrons. The van der Waals surface area contributed by atoms with Crippen LogP contribution in [0.5, 0.6) is 11.5 Å². The van der Waals surface area contributed by atoms with Gasteiger partial charge < -0.3 is 14.8 Å². The SMILES string of the molecule is COc1ccc(OC)c(C(=O)CN2C(=O)N[C@](C)(c3ccc(C(C)C)cc3)C2=O)c1. The van der Waals surface area contributed by atoms with Crippen LogP contribution in [0.2, 0.25) is 0 Å². The van der Waals surface area contributed by atoms with Crippen molar-refractivity contribution in [3.8, 4) is 11.5 Å². The number of hydrogen-bond donors (Lipinski definition) is 1. The van der Waals surface area contributed by atoms with Gasteiger partial charge in [-0.15, -0.1) is 0 Å². The molecule has 0 aromatic heterocycles. The zero-order valence-corrected chi connectivity index (χ0v) is 17.8. The van der Waals surface area contributed by atoms with Crippen LogP contribution in [-0.4, -0.2) is 43.4 Å². The summed E-state index contributed by atoms with van der Waals surface area (Å²) in [5.41, 5.74) is 0.813. The van der Waals surface area contributed by atoms with Gasteiger partial charge in [-0.25, -0.2) is 4.79 Å². The van der Waals surface area contributed by atoms with Crippen molar-refractivity contribution < 1.29 is 23.9 Å². The number of hydrogen-bond acceptors (Lipinski definition) is 5. The Morgan fingerprint density at radius 2 is 1.73 bits per heavy atom. The number of amides is 3. The van der Waals surface area contributed by atoms with Gasteiger partial charge in [-0.1, -0.05) is 38.1 Å². The van der Waals surface area contributed by atoms with E-state index in [1.54, 1.807) is 19.1 Å². The Morgan fingerprint density at radius 1 is 1.07 bits per heavy atom. The third kappa shape index (κ3) is 3.75. The Kier molecular flexibility index (Phi) is 5.82. The van der Waals surface area contributed by atoms with Crippen molar-refractivity contribution in [1.29, 1.82) is 0 Å². The van der Waals surface area contributed by atoms with E-state index in [1.165, 1.54) is 20.3 Å². The van der Waals surface area contributed by atoms with Crippen molar-refractivity contribution in [2.45, 2.75) is 32.2 Å². The zero-order valence-electron chi connectivity index (χ0n) is 17.8. The second-order valence-electron chi connectivity index (χ2n) is 7.71. The predicted molar refractivity (Wildman–Crippen MR) is 112 cm³/mol. The summed E-state index contributed by atoms with van der Waals surface area (Å²) >= 11 is 0. The largest absolute Gasteiger partial charge is 0.497 e. The van der Waals surface area contributed by atoms with Gasteiger partial charge in [-0.3, -0.25) is 14.5 Å². The van der Waals surface area contributed by atoms with Gasteiger partial charge in [0.2, 0.25) is 0 Å². The fourth-order valence-electron chi connectivity index (χ4n) is 3.50. The van der Waals surface area contributed by atoms with Gasteiger partial charge in [-0.05, 0) is 42.2 Å². The lowest BCUT2D eigenvalue weighted by molar-refractivity contribution is -0.130. The lowest BCUT2D eigenvalue weighted by atomic mass is 9.90. The molecule has 0 unspecified atom stereocenters. The van der Waals surface area contributed by atoms with E-state index in [2.05, 4.69) is 19.2 Å². The lowest BCUT2D eigenvalue weighted by Gasteiger charge is -2.23. The number of nitrogens with zero attached hydrogens (tertiary/aromatic N) is 1. The highest BCUT2D eigenvalue weighted by molar-refractivity contribution is 6.11. The number of ketones is 1. The highest BCUT2D eigenvalue weighted by Crippen LogP contribution is 2.31. The monoisotopic (exact) mass is 410 g/mol. The number of Topliss-reactive ketones (excluding diaryl/α,β-unsaturated/α-hetero) is 1. The molecule has 1 heterocycles. The summed E-state index contributed by atoms with van der Waals surface area (Å²) in [5, 5.41) is 2.73. The van der Waals surface area contributed by atoms with Gasteiger partial charge >= 0.3 is 6.03 Å². The molecule has 7 nitrogen and oxygen atoms in total. The van der Waals surface area contributed by atoms with Crippen LogP contribution < -0.4 is 14.8 Å². The van der Waals surface area contributed by atoms with E-state index in [-0.39, 0.29) is 5.56 Å². The van der Waals surface area contributed by atoms with Gasteiger partial charge in [0.25, 0.3) is 5.91 Å². The molecule has 1 aliphatic rings. The number of imide groups is 1. The average molecular weight is 410 g/mol. The Balaban J connectivity index is 1.85. The molecular formula is C23H26N2O5. The molecule has 2 aromatic rings. The third-order valence-electron chi connectivity index (χ3n) is 5.44. The summed E-state index contributed by atoms with van der Waals surface area (Å²) < 4.78 is 10.4. The Morgan fingerprint density at radius 3 is 2.30 bits per heavy atom. The first kappa shape index (κ1) is 21.4. The smallest absolute Gasteiger partial charge is 0.325 e. The Hall–Kier alpha value is -3.35. The second kappa shape index (κ2) is 8.18. The summed E-state index contributed by atoms with van der Waals surface area (Å²) in [5.74, 6) is 0.285. The topological polar surface area (TPSA) is 84.9 Å². The molecule has 0 aliphatic carbocycles. The summed E-state index contributed by atoms with van der Waals surface area (Å²) in [4.78, 5) is 39.6. The molecule has 158 valence electrons. The molecule has 1 saturated heterocycles. The number of carbonyl (C=O) groups excluding carboxylic acids is 3. The van der Waals surface area contributed by atoms with Crippen LogP contribution in [0.3, 0.4) is 0 Å². The normalized spacial score (nSPS) is 18.5. The lowest BCUT2D eigenvalue weighted by Crippen LogP contribution is -2.41. The Labute approximate surface area is 176 Å². The van der Waals surface area contributed by atoms with E-state index in [1.807, 2.05) is 24.3 Å². The first-order valence-electron chi connectivity index (χ1n) is 9.71. The first-order chi connectivity index (χ1) is 14.2. The van der Waals surface area contributed by atoms with Crippen LogP contribution in [0.1, 0.15) is 48.2 Å². The summed E-state index contributed by atoms with van der Waals surface area (Å²) in [6.07, 6.45) is 0. The molecule has 1 aliphatic heterocycles. The van der Waals surface area contributed by atoms with E-state index >= 15 is 0 Å². The number of benzene rings is 2. The first-order valence-corrected chi connectivity index (χ1v) is 9.71. The van der Waals surface area contributed by atoms with Crippen LogP contribution in [0.15, 0.2) is 42.5 Å². The maximum atomic E-state index is 13.1. The van der Waals surface area contributed by atoms with E-state index in [0.717, 1.165) is 10.5 Å². The highest BCUT2D eigenvalue weighted by atomic mass is 16.5. The number of urea groups is 1. The van der Waals surface area contributed by atoms with Crippen molar-refractivity contribution >= 4 is 17.7 Å². The van der Waals surface area contributed by atoms with E-state index in [0.29, 0.717) is 23.0 Å². The van der Waals surface area contributed by atoms with Crippen molar-refractivity contribution in [2.24, 2.45) is 0 Å². The van der Waals surface area contributed by atoms with Crippen LogP contribution in [-0.2, 0) is 10.3 Å². The molecular weight excluding hydrogens is 384 g/mol. The van der Waals surface area contributed by atoms with Gasteiger partial charge in [0, 0.05) is 0 Å². The molecule has 3 amide bonds. The van der Waals surface area contributed by atoms with Crippen molar-refractivity contribution in [3.63, 3.8) is 0 Å². The summed E-state index contributed by atoms with van der Waals surface area (Å²) in [7, 11) is 2.94. The number of methoxy groups -OCH3 is 2. The minimum absolute atomic E-state index is 0.243. The molecule has 1 fully saturated rings. The predicted octanol–water partition coefficient (Wildman–Crippen LogP) is 3.48. The number of carbonyl (C=O) groups is 3. The summed E-state index contributed by atoms with van der Waals surface area (Å²) in [6, 6.07) is 11.8. The molecule has 3 rings (SSSR count). The van der Waals surface area contributed by atoms with E-state index < -0.39 is 29.8 Å². The fourth-order valence-corrected chi connectivity index (χ4v) is 3.50. The van der Waals surface area contributed by atoms with E-state index in [4.69, 9.17) is 9.47 Å². The minimum atomic E-state index is -1.23. The van der Waals surface area contributed by atoms with Crippen LogP contribution in [0.4, 0.5) is 4.79 Å². The zero-order chi connectivity index (χ0) is 22.1. The van der Waals surface area contributed by atoms with Crippen LogP contribution in [0.25, 0.3) is 0 Å². The van der Waals surface area contributed by atoms with Gasteiger partial charge in [0.1, 0.15) is 17.0 Å². The molecule has 1 atom stereocenters. The molecule has 7 heteroatoms. The molecule has 0 spiro atoms. The van der Waals surface area contributed by atoms with Gasteiger partial charge in [0.15, 0.2) is 5.78 Å². The number of ether oxygens (including phenoxy) is 2. The number of nitrogens with one attached hydrogen (secondary N) is 1. The van der Waals surface area contributed by atoms with Crippen LogP contribution >= 0.6 is 0 Å². The molecule has 0 bridgehead atoms. The molecule has 30 heavy (non-hydrogen) atoms. The third-order valence-corrected chi connectivity index (χ3v) is 5.44. The van der Waals surface area contributed by atoms with E-state index in [9.17, 15) is 14.4 Å². The molecule has 1 N–H and O–H groups in total. The molecule has 0 saturated carbocycles. The quantitative estimate of drug-likeness (QED) is 0.558. The average Bonchev–Trinajstić information content (AvgIpc) is 2.97. The van der Waals surface area contributed by atoms with Crippen molar-refractivity contribution in [1.82, 2.24) is 10.2 Å². The second-order valence-corrected chi connectivity index (χ2v) is 7.71.